The summed E-state index contributed by atoms with van der Waals surface area (Å²) in [5.41, 5.74) is -0.807. The zero-order valence-electron chi connectivity index (χ0n) is 11.2. The molecule has 1 atom stereocenters. The lowest BCUT2D eigenvalue weighted by atomic mass is 9.94. The fraction of sp³-hybridized carbons (Fsp3) is 0.500. The molecule has 0 radical (unpaired) electrons. The SMILES string of the molecule is O=C(CSc1ccc(Cl)cc1)NC[C@@]1(O)CCCNC1. The van der Waals surface area contributed by atoms with Gasteiger partial charge in [-0.25, -0.2) is 0 Å². The van der Waals surface area contributed by atoms with Gasteiger partial charge in [-0.15, -0.1) is 11.8 Å². The highest BCUT2D eigenvalue weighted by Crippen LogP contribution is 2.20. The van der Waals surface area contributed by atoms with Gasteiger partial charge in [0.05, 0.1) is 11.4 Å². The number of aliphatic hydroxyl groups is 1. The van der Waals surface area contributed by atoms with Gasteiger partial charge in [-0.2, -0.15) is 0 Å². The van der Waals surface area contributed by atoms with E-state index in [-0.39, 0.29) is 5.91 Å². The van der Waals surface area contributed by atoms with Crippen LogP contribution in [0.15, 0.2) is 29.2 Å². The van der Waals surface area contributed by atoms with Gasteiger partial charge in [0.2, 0.25) is 5.91 Å². The minimum absolute atomic E-state index is 0.0658. The van der Waals surface area contributed by atoms with E-state index in [4.69, 9.17) is 11.6 Å². The van der Waals surface area contributed by atoms with Crippen LogP contribution in [0.5, 0.6) is 0 Å². The van der Waals surface area contributed by atoms with Crippen LogP contribution in [0.1, 0.15) is 12.8 Å². The maximum atomic E-state index is 11.8. The summed E-state index contributed by atoms with van der Waals surface area (Å²) in [6.45, 7) is 1.78. The molecule has 0 spiro atoms. The number of β-amino-alcohol motifs (C(OH)–C–C–N with tert-alkyl or cyclic N) is 1. The molecular weight excluding hydrogens is 296 g/mol. The number of carbonyl (C=O) groups is 1. The zero-order valence-corrected chi connectivity index (χ0v) is 12.8. The first-order valence-electron chi connectivity index (χ1n) is 6.66. The molecule has 1 amide bonds. The average molecular weight is 315 g/mol. The van der Waals surface area contributed by atoms with E-state index in [1.807, 2.05) is 12.1 Å². The predicted molar refractivity (Wildman–Crippen MR) is 82.2 cm³/mol. The summed E-state index contributed by atoms with van der Waals surface area (Å²) in [4.78, 5) is 12.8. The normalized spacial score (nSPS) is 22.5. The highest BCUT2D eigenvalue weighted by atomic mass is 35.5. The highest BCUT2D eigenvalue weighted by Gasteiger charge is 2.29. The fourth-order valence-corrected chi connectivity index (χ4v) is 2.95. The van der Waals surface area contributed by atoms with Crippen LogP contribution in [0.2, 0.25) is 5.02 Å². The lowest BCUT2D eigenvalue weighted by molar-refractivity contribution is -0.120. The predicted octanol–water partition coefficient (Wildman–Crippen LogP) is 1.66. The standard InChI is InChI=1S/C14H19ClN2O2S/c15-11-2-4-12(5-3-11)20-8-13(18)17-10-14(19)6-1-7-16-9-14/h2-5,16,19H,1,6-10H2,(H,17,18)/t14-/m1/s1. The van der Waals surface area contributed by atoms with Gasteiger partial charge in [0, 0.05) is 23.0 Å². The molecule has 6 heteroatoms. The van der Waals surface area contributed by atoms with Crippen LogP contribution in [-0.4, -0.2) is 42.0 Å². The van der Waals surface area contributed by atoms with Crippen molar-refractivity contribution >= 4 is 29.3 Å². The second-order valence-electron chi connectivity index (χ2n) is 5.02. The summed E-state index contributed by atoms with van der Waals surface area (Å²) < 4.78 is 0. The minimum atomic E-state index is -0.807. The Bertz CT molecular complexity index is 447. The molecule has 0 unspecified atom stereocenters. The Hall–Kier alpha value is -0.750. The molecule has 0 aliphatic carbocycles. The molecule has 1 heterocycles. The van der Waals surface area contributed by atoms with Crippen molar-refractivity contribution in [1.82, 2.24) is 10.6 Å². The number of carbonyl (C=O) groups excluding carboxylic acids is 1. The summed E-state index contributed by atoms with van der Waals surface area (Å²) in [5.74, 6) is 0.273. The summed E-state index contributed by atoms with van der Waals surface area (Å²) in [6, 6.07) is 7.38. The minimum Gasteiger partial charge on any atom is -0.387 e. The molecule has 1 aromatic rings. The number of nitrogens with one attached hydrogen (secondary N) is 2. The molecule has 3 N–H and O–H groups in total. The Kier molecular flexibility index (Phi) is 5.72. The zero-order chi connectivity index (χ0) is 14.4. The Balaban J connectivity index is 1.71. The Morgan fingerprint density at radius 2 is 2.20 bits per heavy atom. The van der Waals surface area contributed by atoms with Gasteiger partial charge in [-0.3, -0.25) is 4.79 Å². The largest absolute Gasteiger partial charge is 0.387 e. The maximum Gasteiger partial charge on any atom is 0.230 e. The molecule has 1 aliphatic heterocycles. The van der Waals surface area contributed by atoms with E-state index >= 15 is 0 Å². The van der Waals surface area contributed by atoms with Crippen molar-refractivity contribution in [1.29, 1.82) is 0 Å². The van der Waals surface area contributed by atoms with E-state index in [9.17, 15) is 9.90 Å². The van der Waals surface area contributed by atoms with Crippen molar-refractivity contribution in [2.24, 2.45) is 0 Å². The quantitative estimate of drug-likeness (QED) is 0.724. The lowest BCUT2D eigenvalue weighted by Gasteiger charge is -2.32. The Morgan fingerprint density at radius 1 is 1.45 bits per heavy atom. The van der Waals surface area contributed by atoms with Crippen LogP contribution in [0.4, 0.5) is 0 Å². The molecule has 20 heavy (non-hydrogen) atoms. The highest BCUT2D eigenvalue weighted by molar-refractivity contribution is 8.00. The number of hydrogen-bond donors (Lipinski definition) is 3. The molecule has 1 fully saturated rings. The van der Waals surface area contributed by atoms with Crippen LogP contribution in [0.3, 0.4) is 0 Å². The maximum absolute atomic E-state index is 11.8. The molecule has 110 valence electrons. The summed E-state index contributed by atoms with van der Waals surface area (Å²) >= 11 is 7.26. The first kappa shape index (κ1) is 15.6. The summed E-state index contributed by atoms with van der Waals surface area (Å²) in [7, 11) is 0. The Labute approximate surface area is 128 Å². The topological polar surface area (TPSA) is 61.4 Å². The van der Waals surface area contributed by atoms with Crippen LogP contribution in [0.25, 0.3) is 0 Å². The van der Waals surface area contributed by atoms with Crippen LogP contribution in [-0.2, 0) is 4.79 Å². The third-order valence-corrected chi connectivity index (χ3v) is 4.51. The van der Waals surface area contributed by atoms with Crippen molar-refractivity contribution < 1.29 is 9.90 Å². The molecule has 0 aromatic heterocycles. The van der Waals surface area contributed by atoms with Crippen LogP contribution < -0.4 is 10.6 Å². The number of hydrogen-bond acceptors (Lipinski definition) is 4. The summed E-state index contributed by atoms with van der Waals surface area (Å²) in [5, 5.41) is 16.9. The van der Waals surface area contributed by atoms with E-state index < -0.39 is 5.60 Å². The first-order chi connectivity index (χ1) is 9.57. The molecular formula is C14H19ClN2O2S. The first-order valence-corrected chi connectivity index (χ1v) is 8.02. The third-order valence-electron chi connectivity index (χ3n) is 3.25. The molecule has 1 aliphatic rings. The fourth-order valence-electron chi connectivity index (χ4n) is 2.10. The van der Waals surface area contributed by atoms with E-state index in [0.717, 1.165) is 24.3 Å². The number of rotatable bonds is 5. The van der Waals surface area contributed by atoms with E-state index in [0.29, 0.717) is 23.9 Å². The Morgan fingerprint density at radius 3 is 2.85 bits per heavy atom. The smallest absolute Gasteiger partial charge is 0.230 e. The molecule has 1 aromatic carbocycles. The van der Waals surface area contributed by atoms with Gasteiger partial charge in [0.1, 0.15) is 0 Å². The second-order valence-corrected chi connectivity index (χ2v) is 6.51. The second kappa shape index (κ2) is 7.31. The van der Waals surface area contributed by atoms with Gasteiger partial charge in [-0.1, -0.05) is 11.6 Å². The van der Waals surface area contributed by atoms with Gasteiger partial charge >= 0.3 is 0 Å². The number of piperidine rings is 1. The monoisotopic (exact) mass is 314 g/mol. The number of halogens is 1. The van der Waals surface area contributed by atoms with Crippen molar-refractivity contribution in [3.63, 3.8) is 0 Å². The van der Waals surface area contributed by atoms with Gasteiger partial charge in [0.15, 0.2) is 0 Å². The average Bonchev–Trinajstić information content (AvgIpc) is 2.45. The molecule has 0 saturated carbocycles. The molecule has 2 rings (SSSR count). The van der Waals surface area contributed by atoms with Gasteiger partial charge in [0.25, 0.3) is 0 Å². The number of thioether (sulfide) groups is 1. The van der Waals surface area contributed by atoms with Crippen molar-refractivity contribution in [2.45, 2.75) is 23.3 Å². The van der Waals surface area contributed by atoms with E-state index in [1.165, 1.54) is 11.8 Å². The van der Waals surface area contributed by atoms with E-state index in [2.05, 4.69) is 10.6 Å². The van der Waals surface area contributed by atoms with Gasteiger partial charge in [-0.05, 0) is 43.7 Å². The molecule has 0 bridgehead atoms. The molecule has 1 saturated heterocycles. The number of amides is 1. The van der Waals surface area contributed by atoms with Crippen LogP contribution in [0, 0.1) is 0 Å². The van der Waals surface area contributed by atoms with Crippen molar-refractivity contribution in [3.05, 3.63) is 29.3 Å². The van der Waals surface area contributed by atoms with Crippen molar-refractivity contribution in [2.75, 3.05) is 25.4 Å². The van der Waals surface area contributed by atoms with Crippen LogP contribution >= 0.6 is 23.4 Å². The number of benzene rings is 1. The third kappa shape index (κ3) is 4.98. The van der Waals surface area contributed by atoms with Gasteiger partial charge < -0.3 is 15.7 Å². The summed E-state index contributed by atoms with van der Waals surface area (Å²) in [6.07, 6.45) is 1.66. The van der Waals surface area contributed by atoms with E-state index in [1.54, 1.807) is 12.1 Å². The lowest BCUT2D eigenvalue weighted by Crippen LogP contribution is -2.53. The van der Waals surface area contributed by atoms with Crippen molar-refractivity contribution in [3.8, 4) is 0 Å². The molecule has 4 nitrogen and oxygen atoms in total.